The Morgan fingerprint density at radius 1 is 0.889 bits per heavy atom. The van der Waals surface area contributed by atoms with Crippen molar-refractivity contribution in [2.45, 2.75) is 73.4 Å². The molecule has 2 heteroatoms. The molecule has 0 aliphatic carbocycles. The molecule has 0 aliphatic rings. The summed E-state index contributed by atoms with van der Waals surface area (Å²) < 4.78 is 0. The Balaban J connectivity index is 4.29. The molecule has 0 fully saturated rings. The molecule has 0 aromatic carbocycles. The minimum absolute atomic E-state index is 0.596. The largest absolute Gasteiger partial charge is 0.314 e. The number of rotatable bonds is 10. The van der Waals surface area contributed by atoms with Crippen LogP contribution in [0.3, 0.4) is 0 Å². The Kier molecular flexibility index (Phi) is 9.76. The van der Waals surface area contributed by atoms with Crippen LogP contribution in [0.5, 0.6) is 0 Å². The Morgan fingerprint density at radius 2 is 1.44 bits per heavy atom. The van der Waals surface area contributed by atoms with Gasteiger partial charge < -0.3 is 5.32 Å². The maximum atomic E-state index is 3.55. The van der Waals surface area contributed by atoms with E-state index in [-0.39, 0.29) is 0 Å². The molecule has 0 saturated carbocycles. The van der Waals surface area contributed by atoms with Crippen molar-refractivity contribution in [3.63, 3.8) is 0 Å². The molecule has 0 heterocycles. The van der Waals surface area contributed by atoms with Crippen molar-refractivity contribution in [3.8, 4) is 0 Å². The Bertz CT molecular complexity index is 186. The van der Waals surface area contributed by atoms with Gasteiger partial charge in [0.05, 0.1) is 0 Å². The first-order chi connectivity index (χ1) is 8.40. The molecule has 0 spiro atoms. The summed E-state index contributed by atoms with van der Waals surface area (Å²) >= 11 is 0. The normalized spacial score (nSPS) is 14.2. The molecule has 0 aliphatic heterocycles. The van der Waals surface area contributed by atoms with Crippen molar-refractivity contribution in [3.05, 3.63) is 0 Å². The highest BCUT2D eigenvalue weighted by atomic mass is 15.2. The first kappa shape index (κ1) is 17.9. The summed E-state index contributed by atoms with van der Waals surface area (Å²) in [6.45, 7) is 19.7. The van der Waals surface area contributed by atoms with Gasteiger partial charge in [0.25, 0.3) is 0 Å². The highest BCUT2D eigenvalue weighted by Gasteiger charge is 2.18. The van der Waals surface area contributed by atoms with Crippen LogP contribution in [0, 0.1) is 11.8 Å². The molecule has 0 saturated heterocycles. The minimum Gasteiger partial charge on any atom is -0.314 e. The van der Waals surface area contributed by atoms with Crippen LogP contribution < -0.4 is 5.32 Å². The van der Waals surface area contributed by atoms with E-state index in [1.807, 2.05) is 0 Å². The lowest BCUT2D eigenvalue weighted by molar-refractivity contribution is 0.143. The summed E-state index contributed by atoms with van der Waals surface area (Å²) in [4.78, 5) is 2.71. The van der Waals surface area contributed by atoms with Crippen LogP contribution in [0.4, 0.5) is 0 Å². The van der Waals surface area contributed by atoms with E-state index in [1.54, 1.807) is 0 Å². The lowest BCUT2D eigenvalue weighted by Gasteiger charge is -2.34. The Morgan fingerprint density at radius 3 is 1.83 bits per heavy atom. The van der Waals surface area contributed by atoms with Gasteiger partial charge in [-0.15, -0.1) is 0 Å². The van der Waals surface area contributed by atoms with Crippen LogP contribution in [0.2, 0.25) is 0 Å². The number of hydrogen-bond donors (Lipinski definition) is 1. The molecular formula is C16H36N2. The number of nitrogens with one attached hydrogen (secondary N) is 1. The van der Waals surface area contributed by atoms with Crippen molar-refractivity contribution < 1.29 is 0 Å². The van der Waals surface area contributed by atoms with Crippen LogP contribution in [0.15, 0.2) is 0 Å². The van der Waals surface area contributed by atoms with Gasteiger partial charge in [0, 0.05) is 25.2 Å². The van der Waals surface area contributed by atoms with Crippen LogP contribution in [-0.2, 0) is 0 Å². The smallest absolute Gasteiger partial charge is 0.00902 e. The molecule has 0 bridgehead atoms. The summed E-state index contributed by atoms with van der Waals surface area (Å²) in [5.74, 6) is 1.49. The highest BCUT2D eigenvalue weighted by Crippen LogP contribution is 2.13. The van der Waals surface area contributed by atoms with Gasteiger partial charge in [-0.1, -0.05) is 48.5 Å². The first-order valence-corrected chi connectivity index (χ1v) is 7.88. The molecule has 0 rings (SSSR count). The average Bonchev–Trinajstić information content (AvgIpc) is 2.27. The zero-order chi connectivity index (χ0) is 14.1. The Labute approximate surface area is 116 Å². The van der Waals surface area contributed by atoms with E-state index in [4.69, 9.17) is 0 Å². The van der Waals surface area contributed by atoms with E-state index >= 15 is 0 Å². The second-order valence-corrected chi connectivity index (χ2v) is 6.49. The lowest BCUT2D eigenvalue weighted by atomic mass is 10.0. The van der Waals surface area contributed by atoms with Gasteiger partial charge in [-0.2, -0.15) is 0 Å². The lowest BCUT2D eigenvalue weighted by Crippen LogP contribution is -2.42. The van der Waals surface area contributed by atoms with E-state index in [0.717, 1.165) is 24.4 Å². The van der Waals surface area contributed by atoms with Crippen LogP contribution in [0.25, 0.3) is 0 Å². The Hall–Kier alpha value is -0.0800. The zero-order valence-corrected chi connectivity index (χ0v) is 13.8. The molecule has 1 N–H and O–H groups in total. The fraction of sp³-hybridized carbons (Fsp3) is 1.00. The van der Waals surface area contributed by atoms with Gasteiger partial charge >= 0.3 is 0 Å². The summed E-state index contributed by atoms with van der Waals surface area (Å²) in [6, 6.07) is 1.35. The van der Waals surface area contributed by atoms with Gasteiger partial charge in [-0.05, 0) is 31.2 Å². The second kappa shape index (κ2) is 9.80. The molecule has 0 amide bonds. The van der Waals surface area contributed by atoms with E-state index in [1.165, 1.54) is 25.9 Å². The zero-order valence-electron chi connectivity index (χ0n) is 13.8. The van der Waals surface area contributed by atoms with E-state index in [9.17, 15) is 0 Å². The molecule has 18 heavy (non-hydrogen) atoms. The average molecular weight is 256 g/mol. The predicted octanol–water partition coefficient (Wildman–Crippen LogP) is 3.77. The number of hydrogen-bond acceptors (Lipinski definition) is 2. The third kappa shape index (κ3) is 8.10. The van der Waals surface area contributed by atoms with Crippen LogP contribution >= 0.6 is 0 Å². The fourth-order valence-corrected chi connectivity index (χ4v) is 2.55. The summed E-state index contributed by atoms with van der Waals surface area (Å²) in [5, 5.41) is 3.55. The fourth-order valence-electron chi connectivity index (χ4n) is 2.55. The molecule has 2 nitrogen and oxygen atoms in total. The van der Waals surface area contributed by atoms with Crippen molar-refractivity contribution in [1.82, 2.24) is 10.2 Å². The number of nitrogens with zero attached hydrogens (tertiary/aromatic N) is 1. The van der Waals surface area contributed by atoms with Gasteiger partial charge in [0.15, 0.2) is 0 Å². The van der Waals surface area contributed by atoms with E-state index in [2.05, 4.69) is 58.7 Å². The van der Waals surface area contributed by atoms with Gasteiger partial charge in [-0.25, -0.2) is 0 Å². The van der Waals surface area contributed by atoms with Gasteiger partial charge in [0.1, 0.15) is 0 Å². The highest BCUT2D eigenvalue weighted by molar-refractivity contribution is 4.74. The maximum absolute atomic E-state index is 3.55. The third-order valence-electron chi connectivity index (χ3n) is 3.48. The second-order valence-electron chi connectivity index (χ2n) is 6.49. The molecule has 1 unspecified atom stereocenters. The molecular weight excluding hydrogens is 220 g/mol. The van der Waals surface area contributed by atoms with Crippen LogP contribution in [0.1, 0.15) is 61.3 Å². The summed E-state index contributed by atoms with van der Waals surface area (Å²) in [5.41, 5.74) is 0. The molecule has 0 aromatic heterocycles. The first-order valence-electron chi connectivity index (χ1n) is 7.88. The van der Waals surface area contributed by atoms with E-state index < -0.39 is 0 Å². The molecule has 1 atom stereocenters. The van der Waals surface area contributed by atoms with E-state index in [0.29, 0.717) is 6.04 Å². The minimum atomic E-state index is 0.596. The van der Waals surface area contributed by atoms with Gasteiger partial charge in [0.2, 0.25) is 0 Å². The molecule has 0 aromatic rings. The summed E-state index contributed by atoms with van der Waals surface area (Å²) in [6.07, 6.45) is 2.54. The van der Waals surface area contributed by atoms with Crippen molar-refractivity contribution in [1.29, 1.82) is 0 Å². The van der Waals surface area contributed by atoms with Crippen molar-refractivity contribution in [2.24, 2.45) is 11.8 Å². The standard InChI is InChI=1S/C16H36N2/c1-8-16(9-2)18(11-13(3)4)12-15(7)10-17-14(5)6/h13-17H,8-12H2,1-7H3. The van der Waals surface area contributed by atoms with Crippen LogP contribution in [-0.4, -0.2) is 36.6 Å². The SMILES string of the molecule is CCC(CC)N(CC(C)C)CC(C)CNC(C)C. The molecule has 0 radical (unpaired) electrons. The summed E-state index contributed by atoms with van der Waals surface area (Å²) in [7, 11) is 0. The topological polar surface area (TPSA) is 15.3 Å². The predicted molar refractivity (Wildman–Crippen MR) is 83.1 cm³/mol. The molecule has 110 valence electrons. The monoisotopic (exact) mass is 256 g/mol. The third-order valence-corrected chi connectivity index (χ3v) is 3.48. The van der Waals surface area contributed by atoms with Gasteiger partial charge in [-0.3, -0.25) is 4.90 Å². The maximum Gasteiger partial charge on any atom is 0.00902 e. The van der Waals surface area contributed by atoms with Crippen molar-refractivity contribution in [2.75, 3.05) is 19.6 Å². The quantitative estimate of drug-likeness (QED) is 0.640. The van der Waals surface area contributed by atoms with Crippen molar-refractivity contribution >= 4 is 0 Å².